The van der Waals surface area contributed by atoms with E-state index in [2.05, 4.69) is 5.10 Å². The number of nitrogens with two attached hydrogens (primary N) is 1. The van der Waals surface area contributed by atoms with Gasteiger partial charge in [0.05, 0.1) is 32.0 Å². The van der Waals surface area contributed by atoms with Gasteiger partial charge in [-0.25, -0.2) is 4.68 Å². The molecule has 28 heavy (non-hydrogen) atoms. The number of carbonyl (C=O) groups excluding carboxylic acids is 1. The van der Waals surface area contributed by atoms with Crippen molar-refractivity contribution >= 4 is 11.7 Å². The van der Waals surface area contributed by atoms with Gasteiger partial charge in [0.1, 0.15) is 11.4 Å². The molecule has 1 amide bonds. The molecule has 1 saturated heterocycles. The van der Waals surface area contributed by atoms with Crippen molar-refractivity contribution in [3.05, 3.63) is 35.8 Å². The number of aromatic nitrogens is 3. The van der Waals surface area contributed by atoms with E-state index in [-0.39, 0.29) is 11.9 Å². The molecule has 2 aromatic rings. The number of hydrogen-bond acceptors (Lipinski definition) is 6. The number of hydrogen-bond donors (Lipinski definition) is 1. The highest BCUT2D eigenvalue weighted by atomic mass is 16.7. The summed E-state index contributed by atoms with van der Waals surface area (Å²) in [6, 6.07) is 3.80. The zero-order valence-electron chi connectivity index (χ0n) is 16.7. The van der Waals surface area contributed by atoms with Crippen LogP contribution < -0.4 is 5.73 Å². The Kier molecular flexibility index (Phi) is 6.71. The van der Waals surface area contributed by atoms with Crippen molar-refractivity contribution in [1.82, 2.24) is 19.2 Å². The van der Waals surface area contributed by atoms with Crippen LogP contribution in [0.25, 0.3) is 0 Å². The lowest BCUT2D eigenvalue weighted by atomic mass is 10.1. The SMILES string of the molecule is CCOC(Cn1ncc(C(=O)N2CCOC[C@H]2c2cccn2C)c1N)OCC. The van der Waals surface area contributed by atoms with Crippen molar-refractivity contribution in [2.24, 2.45) is 7.05 Å². The van der Waals surface area contributed by atoms with Gasteiger partial charge >= 0.3 is 0 Å². The van der Waals surface area contributed by atoms with E-state index in [4.69, 9.17) is 19.9 Å². The number of amides is 1. The highest BCUT2D eigenvalue weighted by Crippen LogP contribution is 2.27. The minimum Gasteiger partial charge on any atom is -0.383 e. The number of nitrogen functional groups attached to an aromatic ring is 1. The zero-order valence-corrected chi connectivity index (χ0v) is 16.7. The zero-order chi connectivity index (χ0) is 20.1. The summed E-state index contributed by atoms with van der Waals surface area (Å²) in [5.74, 6) is 0.161. The molecular formula is C19H29N5O4. The summed E-state index contributed by atoms with van der Waals surface area (Å²) in [5, 5.41) is 4.29. The summed E-state index contributed by atoms with van der Waals surface area (Å²) in [4.78, 5) is 15.1. The van der Waals surface area contributed by atoms with E-state index < -0.39 is 6.29 Å². The van der Waals surface area contributed by atoms with Gasteiger partial charge in [0.15, 0.2) is 6.29 Å². The maximum atomic E-state index is 13.3. The Labute approximate surface area is 164 Å². The van der Waals surface area contributed by atoms with Crippen molar-refractivity contribution in [2.45, 2.75) is 32.7 Å². The molecule has 2 N–H and O–H groups in total. The summed E-state index contributed by atoms with van der Waals surface area (Å²) in [6.45, 7) is 6.61. The smallest absolute Gasteiger partial charge is 0.259 e. The molecule has 0 saturated carbocycles. The molecular weight excluding hydrogens is 362 g/mol. The predicted octanol–water partition coefficient (Wildman–Crippen LogP) is 1.42. The molecule has 0 aromatic carbocycles. The molecule has 9 heteroatoms. The lowest BCUT2D eigenvalue weighted by molar-refractivity contribution is -0.144. The van der Waals surface area contributed by atoms with Gasteiger partial charge in [0.2, 0.25) is 0 Å². The van der Waals surface area contributed by atoms with Gasteiger partial charge in [0.25, 0.3) is 5.91 Å². The third-order valence-electron chi connectivity index (χ3n) is 4.85. The van der Waals surface area contributed by atoms with E-state index in [0.29, 0.717) is 50.9 Å². The van der Waals surface area contributed by atoms with Gasteiger partial charge in [-0.05, 0) is 26.0 Å². The number of anilines is 1. The van der Waals surface area contributed by atoms with E-state index in [1.807, 2.05) is 43.8 Å². The number of rotatable bonds is 8. The van der Waals surface area contributed by atoms with Crippen LogP contribution in [0.5, 0.6) is 0 Å². The first-order chi connectivity index (χ1) is 13.6. The van der Waals surface area contributed by atoms with Crippen molar-refractivity contribution in [1.29, 1.82) is 0 Å². The van der Waals surface area contributed by atoms with Gasteiger partial charge in [0, 0.05) is 38.7 Å². The van der Waals surface area contributed by atoms with Gasteiger partial charge in [-0.15, -0.1) is 0 Å². The largest absolute Gasteiger partial charge is 0.383 e. The van der Waals surface area contributed by atoms with Gasteiger partial charge in [-0.2, -0.15) is 5.10 Å². The molecule has 2 aromatic heterocycles. The molecule has 1 aliphatic rings. The van der Waals surface area contributed by atoms with Crippen LogP contribution in [0.15, 0.2) is 24.5 Å². The van der Waals surface area contributed by atoms with Gasteiger partial charge < -0.3 is 29.4 Å². The Balaban J connectivity index is 1.80. The van der Waals surface area contributed by atoms with Crippen LogP contribution in [0.4, 0.5) is 5.82 Å². The van der Waals surface area contributed by atoms with Crippen LogP contribution in [-0.2, 0) is 27.8 Å². The summed E-state index contributed by atoms with van der Waals surface area (Å²) in [7, 11) is 1.96. The number of carbonyl (C=O) groups is 1. The molecule has 1 fully saturated rings. The van der Waals surface area contributed by atoms with E-state index in [0.717, 1.165) is 5.69 Å². The predicted molar refractivity (Wildman–Crippen MR) is 104 cm³/mol. The average molecular weight is 391 g/mol. The molecule has 0 unspecified atom stereocenters. The molecule has 0 spiro atoms. The minimum atomic E-state index is -0.459. The minimum absolute atomic E-state index is 0.150. The Bertz CT molecular complexity index is 781. The lowest BCUT2D eigenvalue weighted by Gasteiger charge is -2.35. The summed E-state index contributed by atoms with van der Waals surface area (Å²) in [5.41, 5.74) is 7.65. The quantitative estimate of drug-likeness (QED) is 0.684. The fourth-order valence-electron chi connectivity index (χ4n) is 3.44. The summed E-state index contributed by atoms with van der Waals surface area (Å²) >= 11 is 0. The standard InChI is InChI=1S/C19H29N5O4/c1-4-27-17(28-5-2)12-24-18(20)14(11-21-24)19(25)23-9-10-26-13-16(23)15-7-6-8-22(15)3/h6-8,11,16-17H,4-5,9-10,12-13,20H2,1-3H3/t16-/m0/s1. The van der Waals surface area contributed by atoms with Crippen LogP contribution in [0.3, 0.4) is 0 Å². The number of aryl methyl sites for hydroxylation is 1. The normalized spacial score (nSPS) is 17.4. The van der Waals surface area contributed by atoms with Crippen molar-refractivity contribution in [2.75, 3.05) is 38.7 Å². The Morgan fingerprint density at radius 3 is 2.79 bits per heavy atom. The highest BCUT2D eigenvalue weighted by molar-refractivity contribution is 5.98. The molecule has 0 bridgehead atoms. The first kappa shape index (κ1) is 20.4. The molecule has 1 aliphatic heterocycles. The van der Waals surface area contributed by atoms with Crippen LogP contribution in [-0.4, -0.2) is 64.4 Å². The second kappa shape index (κ2) is 9.22. The molecule has 1 atom stereocenters. The number of ether oxygens (including phenoxy) is 3. The molecule has 9 nitrogen and oxygen atoms in total. The number of nitrogens with zero attached hydrogens (tertiary/aromatic N) is 4. The Morgan fingerprint density at radius 1 is 1.39 bits per heavy atom. The molecule has 0 radical (unpaired) electrons. The van der Waals surface area contributed by atoms with Crippen LogP contribution >= 0.6 is 0 Å². The van der Waals surface area contributed by atoms with E-state index in [9.17, 15) is 4.79 Å². The Hall–Kier alpha value is -2.36. The van der Waals surface area contributed by atoms with Crippen molar-refractivity contribution < 1.29 is 19.0 Å². The molecule has 3 rings (SSSR count). The average Bonchev–Trinajstić information content (AvgIpc) is 3.27. The fraction of sp³-hybridized carbons (Fsp3) is 0.579. The third kappa shape index (κ3) is 4.21. The fourth-order valence-corrected chi connectivity index (χ4v) is 3.44. The molecule has 3 heterocycles. The monoisotopic (exact) mass is 391 g/mol. The van der Waals surface area contributed by atoms with Crippen LogP contribution in [0, 0.1) is 0 Å². The first-order valence-corrected chi connectivity index (χ1v) is 9.61. The van der Waals surface area contributed by atoms with Crippen molar-refractivity contribution in [3.63, 3.8) is 0 Å². The highest BCUT2D eigenvalue weighted by Gasteiger charge is 2.32. The van der Waals surface area contributed by atoms with Crippen LogP contribution in [0.1, 0.15) is 35.9 Å². The number of morpholine rings is 1. The van der Waals surface area contributed by atoms with Gasteiger partial charge in [-0.1, -0.05) is 0 Å². The maximum Gasteiger partial charge on any atom is 0.259 e. The summed E-state index contributed by atoms with van der Waals surface area (Å²) < 4.78 is 20.3. The second-order valence-corrected chi connectivity index (χ2v) is 6.60. The third-order valence-corrected chi connectivity index (χ3v) is 4.85. The Morgan fingerprint density at radius 2 is 2.14 bits per heavy atom. The first-order valence-electron chi connectivity index (χ1n) is 9.61. The van der Waals surface area contributed by atoms with E-state index in [1.165, 1.54) is 6.20 Å². The topological polar surface area (TPSA) is 96.8 Å². The maximum absolute atomic E-state index is 13.3. The summed E-state index contributed by atoms with van der Waals surface area (Å²) in [6.07, 6.45) is 3.02. The van der Waals surface area contributed by atoms with Crippen LogP contribution in [0.2, 0.25) is 0 Å². The van der Waals surface area contributed by atoms with Gasteiger partial charge in [-0.3, -0.25) is 4.79 Å². The lowest BCUT2D eigenvalue weighted by Crippen LogP contribution is -2.44. The second-order valence-electron chi connectivity index (χ2n) is 6.60. The van der Waals surface area contributed by atoms with E-state index in [1.54, 1.807) is 9.58 Å². The van der Waals surface area contributed by atoms with E-state index >= 15 is 0 Å². The molecule has 154 valence electrons. The van der Waals surface area contributed by atoms with Crippen molar-refractivity contribution in [3.8, 4) is 0 Å². The molecule has 0 aliphatic carbocycles.